The van der Waals surface area contributed by atoms with Crippen LogP contribution in [-0.4, -0.2) is 24.3 Å². The van der Waals surface area contributed by atoms with Crippen LogP contribution in [0.4, 0.5) is 0 Å². The van der Waals surface area contributed by atoms with Crippen molar-refractivity contribution in [3.05, 3.63) is 0 Å². The molecule has 17 heavy (non-hydrogen) atoms. The number of carboxylic acid groups (broad SMARTS) is 1. The van der Waals surface area contributed by atoms with Gasteiger partial charge in [0.2, 0.25) is 0 Å². The van der Waals surface area contributed by atoms with Gasteiger partial charge in [-0.25, -0.2) is 0 Å². The molecule has 3 nitrogen and oxygen atoms in total. The molecule has 0 saturated heterocycles. The van der Waals surface area contributed by atoms with Crippen molar-refractivity contribution in [1.82, 2.24) is 0 Å². The lowest BCUT2D eigenvalue weighted by Crippen LogP contribution is -1.98. The van der Waals surface area contributed by atoms with E-state index in [2.05, 4.69) is 6.92 Å². The van der Waals surface area contributed by atoms with Crippen LogP contribution in [0.1, 0.15) is 71.1 Å². The second-order valence-electron chi connectivity index (χ2n) is 4.58. The molecule has 0 aliphatic carbocycles. The molecule has 0 bridgehead atoms. The van der Waals surface area contributed by atoms with E-state index in [1.54, 1.807) is 0 Å². The average Bonchev–Trinajstić information content (AvgIpc) is 2.30. The Hall–Kier alpha value is -0.570. The SMILES string of the molecule is CCCCCCCOCCCCCCC(=O)O. The Balaban J connectivity index is 2.91. The highest BCUT2D eigenvalue weighted by atomic mass is 16.5. The minimum Gasteiger partial charge on any atom is -0.481 e. The molecule has 3 heteroatoms. The van der Waals surface area contributed by atoms with Crippen LogP contribution in [0, 0.1) is 0 Å². The summed E-state index contributed by atoms with van der Waals surface area (Å²) in [5, 5.41) is 8.45. The van der Waals surface area contributed by atoms with Crippen molar-refractivity contribution in [2.45, 2.75) is 71.1 Å². The normalized spacial score (nSPS) is 10.6. The average molecular weight is 244 g/mol. The number of hydrogen-bond donors (Lipinski definition) is 1. The van der Waals surface area contributed by atoms with Crippen LogP contribution >= 0.6 is 0 Å². The molecule has 0 aromatic rings. The van der Waals surface area contributed by atoms with E-state index in [9.17, 15) is 4.79 Å². The molecule has 0 amide bonds. The van der Waals surface area contributed by atoms with Crippen LogP contribution in [0.3, 0.4) is 0 Å². The van der Waals surface area contributed by atoms with Gasteiger partial charge in [-0.1, -0.05) is 45.4 Å². The molecule has 0 aromatic heterocycles. The van der Waals surface area contributed by atoms with Gasteiger partial charge in [0.05, 0.1) is 0 Å². The third-order valence-electron chi connectivity index (χ3n) is 2.82. The van der Waals surface area contributed by atoms with Crippen molar-refractivity contribution in [2.75, 3.05) is 13.2 Å². The lowest BCUT2D eigenvalue weighted by molar-refractivity contribution is -0.137. The monoisotopic (exact) mass is 244 g/mol. The zero-order chi connectivity index (χ0) is 12.8. The second-order valence-corrected chi connectivity index (χ2v) is 4.58. The summed E-state index contributed by atoms with van der Waals surface area (Å²) in [5.41, 5.74) is 0. The highest BCUT2D eigenvalue weighted by Gasteiger charge is 1.96. The fraction of sp³-hybridized carbons (Fsp3) is 0.929. The van der Waals surface area contributed by atoms with Crippen LogP contribution < -0.4 is 0 Å². The largest absolute Gasteiger partial charge is 0.481 e. The molecule has 0 fully saturated rings. The third-order valence-corrected chi connectivity index (χ3v) is 2.82. The summed E-state index contributed by atoms with van der Waals surface area (Å²) in [6.07, 6.45) is 10.7. The number of ether oxygens (including phenoxy) is 1. The Morgan fingerprint density at radius 2 is 1.41 bits per heavy atom. The molecule has 0 heterocycles. The van der Waals surface area contributed by atoms with Gasteiger partial charge in [0.25, 0.3) is 0 Å². The minimum atomic E-state index is -0.687. The molecular weight excluding hydrogens is 216 g/mol. The first-order valence-electron chi connectivity index (χ1n) is 7.07. The first-order chi connectivity index (χ1) is 8.27. The van der Waals surface area contributed by atoms with Crippen molar-refractivity contribution >= 4 is 5.97 Å². The van der Waals surface area contributed by atoms with E-state index < -0.39 is 5.97 Å². The number of aliphatic carboxylic acids is 1. The van der Waals surface area contributed by atoms with Crippen molar-refractivity contribution in [2.24, 2.45) is 0 Å². The van der Waals surface area contributed by atoms with Crippen LogP contribution in [-0.2, 0) is 9.53 Å². The van der Waals surface area contributed by atoms with E-state index in [-0.39, 0.29) is 0 Å². The molecule has 0 aromatic carbocycles. The maximum atomic E-state index is 10.3. The second kappa shape index (κ2) is 13.5. The molecule has 0 atom stereocenters. The quantitative estimate of drug-likeness (QED) is 0.498. The molecule has 102 valence electrons. The molecule has 0 radical (unpaired) electrons. The number of unbranched alkanes of at least 4 members (excludes halogenated alkanes) is 7. The summed E-state index contributed by atoms with van der Waals surface area (Å²) < 4.78 is 5.53. The van der Waals surface area contributed by atoms with Gasteiger partial charge in [-0.2, -0.15) is 0 Å². The highest BCUT2D eigenvalue weighted by Crippen LogP contribution is 2.05. The summed E-state index contributed by atoms with van der Waals surface area (Å²) in [4.78, 5) is 10.3. The van der Waals surface area contributed by atoms with Crippen LogP contribution in [0.25, 0.3) is 0 Å². The zero-order valence-corrected chi connectivity index (χ0v) is 11.2. The van der Waals surface area contributed by atoms with Gasteiger partial charge in [-0.15, -0.1) is 0 Å². The van der Waals surface area contributed by atoms with Crippen molar-refractivity contribution in [1.29, 1.82) is 0 Å². The molecule has 0 spiro atoms. The lowest BCUT2D eigenvalue weighted by Gasteiger charge is -2.04. The van der Waals surface area contributed by atoms with Crippen molar-refractivity contribution < 1.29 is 14.6 Å². The number of carboxylic acids is 1. The Labute approximate surface area is 106 Å². The number of rotatable bonds is 13. The Bertz CT molecular complexity index is 169. The van der Waals surface area contributed by atoms with Crippen molar-refractivity contribution in [3.8, 4) is 0 Å². The molecule has 0 aliphatic rings. The fourth-order valence-electron chi connectivity index (χ4n) is 1.74. The topological polar surface area (TPSA) is 46.5 Å². The first-order valence-corrected chi connectivity index (χ1v) is 7.07. The van der Waals surface area contributed by atoms with E-state index in [1.807, 2.05) is 0 Å². The van der Waals surface area contributed by atoms with Gasteiger partial charge < -0.3 is 9.84 Å². The van der Waals surface area contributed by atoms with Crippen LogP contribution in [0.15, 0.2) is 0 Å². The van der Waals surface area contributed by atoms with Gasteiger partial charge in [0, 0.05) is 19.6 Å². The fourth-order valence-corrected chi connectivity index (χ4v) is 1.74. The van der Waals surface area contributed by atoms with Gasteiger partial charge >= 0.3 is 5.97 Å². The van der Waals surface area contributed by atoms with Crippen LogP contribution in [0.5, 0.6) is 0 Å². The Kier molecular flexibility index (Phi) is 13.0. The maximum absolute atomic E-state index is 10.3. The van der Waals surface area contributed by atoms with Gasteiger partial charge in [0.15, 0.2) is 0 Å². The predicted octanol–water partition coefficient (Wildman–Crippen LogP) is 4.01. The number of carbonyl (C=O) groups is 1. The summed E-state index contributed by atoms with van der Waals surface area (Å²) in [6, 6.07) is 0. The zero-order valence-electron chi connectivity index (χ0n) is 11.2. The molecule has 0 saturated carbocycles. The molecular formula is C14H28O3. The van der Waals surface area contributed by atoms with E-state index >= 15 is 0 Å². The third kappa shape index (κ3) is 15.4. The molecule has 0 unspecified atom stereocenters. The Morgan fingerprint density at radius 1 is 0.882 bits per heavy atom. The molecule has 0 rings (SSSR count). The van der Waals surface area contributed by atoms with E-state index in [0.29, 0.717) is 6.42 Å². The van der Waals surface area contributed by atoms with E-state index in [4.69, 9.17) is 9.84 Å². The van der Waals surface area contributed by atoms with Gasteiger partial charge in [-0.3, -0.25) is 4.79 Å². The first kappa shape index (κ1) is 16.4. The predicted molar refractivity (Wildman–Crippen MR) is 70.3 cm³/mol. The van der Waals surface area contributed by atoms with Crippen molar-refractivity contribution in [3.63, 3.8) is 0 Å². The maximum Gasteiger partial charge on any atom is 0.303 e. The van der Waals surface area contributed by atoms with E-state index in [0.717, 1.165) is 38.9 Å². The van der Waals surface area contributed by atoms with E-state index in [1.165, 1.54) is 32.1 Å². The lowest BCUT2D eigenvalue weighted by atomic mass is 10.1. The minimum absolute atomic E-state index is 0.304. The van der Waals surface area contributed by atoms with Gasteiger partial charge in [0.1, 0.15) is 0 Å². The Morgan fingerprint density at radius 3 is 1.94 bits per heavy atom. The molecule has 0 aliphatic heterocycles. The van der Waals surface area contributed by atoms with Crippen LogP contribution in [0.2, 0.25) is 0 Å². The molecule has 1 N–H and O–H groups in total. The summed E-state index contributed by atoms with van der Waals surface area (Å²) in [7, 11) is 0. The summed E-state index contributed by atoms with van der Waals surface area (Å²) in [6.45, 7) is 3.94. The standard InChI is InChI=1S/C14H28O3/c1-2-3-4-6-9-12-17-13-10-7-5-8-11-14(15)16/h2-13H2,1H3,(H,15,16). The smallest absolute Gasteiger partial charge is 0.303 e. The highest BCUT2D eigenvalue weighted by molar-refractivity contribution is 5.66. The van der Waals surface area contributed by atoms with Gasteiger partial charge in [-0.05, 0) is 19.3 Å². The summed E-state index contributed by atoms with van der Waals surface area (Å²) >= 11 is 0. The number of hydrogen-bond acceptors (Lipinski definition) is 2. The summed E-state index contributed by atoms with van der Waals surface area (Å²) in [5.74, 6) is -0.687.